The fraction of sp³-hybridized carbons (Fsp3) is 0.385. The first-order valence-corrected chi connectivity index (χ1v) is 5.18. The number of ether oxygens (including phenoxy) is 1. The topological polar surface area (TPSA) is 29.5 Å². The third-order valence-electron chi connectivity index (χ3n) is 1.97. The minimum absolute atomic E-state index is 0.363. The van der Waals surface area contributed by atoms with Crippen molar-refractivity contribution < 1.29 is 9.53 Å². The predicted octanol–water partition coefficient (Wildman–Crippen LogP) is 3.24. The Morgan fingerprint density at radius 3 is 2.50 bits per heavy atom. The van der Waals surface area contributed by atoms with Crippen molar-refractivity contribution >= 4 is 11.8 Å². The van der Waals surface area contributed by atoms with E-state index < -0.39 is 5.60 Å². The maximum Gasteiger partial charge on any atom is 0.414 e. The molecule has 3 heteroatoms. The minimum Gasteiger partial charge on any atom is -0.443 e. The van der Waals surface area contributed by atoms with Crippen LogP contribution in [0.15, 0.2) is 24.3 Å². The van der Waals surface area contributed by atoms with Crippen molar-refractivity contribution in [2.24, 2.45) is 0 Å². The summed E-state index contributed by atoms with van der Waals surface area (Å²) in [4.78, 5) is 13.2. The largest absolute Gasteiger partial charge is 0.443 e. The van der Waals surface area contributed by atoms with Crippen LogP contribution in [0.1, 0.15) is 26.3 Å². The van der Waals surface area contributed by atoms with Crippen LogP contribution in [-0.4, -0.2) is 18.7 Å². The van der Waals surface area contributed by atoms with Crippen molar-refractivity contribution in [3.63, 3.8) is 0 Å². The van der Waals surface area contributed by atoms with Gasteiger partial charge in [-0.3, -0.25) is 4.90 Å². The molecule has 0 atom stereocenters. The quantitative estimate of drug-likeness (QED) is 0.727. The van der Waals surface area contributed by atoms with E-state index in [1.165, 1.54) is 4.90 Å². The van der Waals surface area contributed by atoms with Gasteiger partial charge in [0.25, 0.3) is 0 Å². The van der Waals surface area contributed by atoms with E-state index >= 15 is 0 Å². The molecule has 1 aromatic carbocycles. The van der Waals surface area contributed by atoms with Crippen molar-refractivity contribution in [2.75, 3.05) is 11.9 Å². The van der Waals surface area contributed by atoms with Crippen LogP contribution in [0, 0.1) is 6.92 Å². The molecule has 0 unspecified atom stereocenters. The molecule has 0 aromatic heterocycles. The summed E-state index contributed by atoms with van der Waals surface area (Å²) < 4.78 is 5.26. The van der Waals surface area contributed by atoms with Crippen molar-refractivity contribution in [1.82, 2.24) is 0 Å². The molecule has 87 valence electrons. The van der Waals surface area contributed by atoms with Crippen LogP contribution in [0.2, 0.25) is 0 Å². The summed E-state index contributed by atoms with van der Waals surface area (Å²) in [5.74, 6) is 0. The molecule has 1 radical (unpaired) electrons. The molecule has 0 bridgehead atoms. The fourth-order valence-electron chi connectivity index (χ4n) is 1.20. The first-order chi connectivity index (χ1) is 7.29. The number of amides is 1. The second-order valence-corrected chi connectivity index (χ2v) is 4.71. The molecule has 0 aliphatic heterocycles. The molecule has 0 N–H and O–H groups in total. The highest BCUT2D eigenvalue weighted by Gasteiger charge is 2.20. The van der Waals surface area contributed by atoms with Crippen LogP contribution in [-0.2, 0) is 4.74 Å². The minimum atomic E-state index is -0.479. The Kier molecular flexibility index (Phi) is 3.58. The fourth-order valence-corrected chi connectivity index (χ4v) is 1.20. The Morgan fingerprint density at radius 1 is 1.38 bits per heavy atom. The summed E-state index contributed by atoms with van der Waals surface area (Å²) in [5.41, 5.74) is 1.17. The molecule has 1 aromatic rings. The highest BCUT2D eigenvalue weighted by molar-refractivity contribution is 5.87. The van der Waals surface area contributed by atoms with Crippen molar-refractivity contribution in [3.05, 3.63) is 36.8 Å². The Bertz CT molecular complexity index is 380. The molecule has 0 fully saturated rings. The van der Waals surface area contributed by atoms with E-state index in [1.807, 2.05) is 45.0 Å². The Balaban J connectivity index is 2.78. The summed E-state index contributed by atoms with van der Waals surface area (Å²) in [7, 11) is 1.68. The lowest BCUT2D eigenvalue weighted by Gasteiger charge is -2.24. The van der Waals surface area contributed by atoms with Gasteiger partial charge in [0, 0.05) is 12.7 Å². The predicted molar refractivity (Wildman–Crippen MR) is 65.5 cm³/mol. The standard InChI is InChI=1S/C13H18NO2/c1-10-7-6-8-11(9-10)14(5)12(15)16-13(2,3)4/h6-9H,1H2,2-5H3. The van der Waals surface area contributed by atoms with Crippen LogP contribution < -0.4 is 4.90 Å². The van der Waals surface area contributed by atoms with Gasteiger partial charge in [0.1, 0.15) is 5.60 Å². The third kappa shape index (κ3) is 3.57. The molecule has 16 heavy (non-hydrogen) atoms. The molecule has 0 aliphatic carbocycles. The number of anilines is 1. The van der Waals surface area contributed by atoms with E-state index in [1.54, 1.807) is 7.05 Å². The van der Waals surface area contributed by atoms with Crippen LogP contribution in [0.25, 0.3) is 0 Å². The van der Waals surface area contributed by atoms with E-state index in [0.29, 0.717) is 0 Å². The van der Waals surface area contributed by atoms with Gasteiger partial charge in [0.2, 0.25) is 0 Å². The van der Waals surface area contributed by atoms with E-state index in [0.717, 1.165) is 11.3 Å². The van der Waals surface area contributed by atoms with Crippen LogP contribution in [0.4, 0.5) is 10.5 Å². The summed E-state index contributed by atoms with van der Waals surface area (Å²) in [6.45, 7) is 9.35. The molecular weight excluding hydrogens is 202 g/mol. The summed E-state index contributed by atoms with van der Waals surface area (Å²) >= 11 is 0. The van der Waals surface area contributed by atoms with Gasteiger partial charge in [-0.05, 0) is 45.4 Å². The lowest BCUT2D eigenvalue weighted by molar-refractivity contribution is 0.0589. The van der Waals surface area contributed by atoms with Crippen LogP contribution in [0.3, 0.4) is 0 Å². The molecule has 0 spiro atoms. The second kappa shape index (κ2) is 4.56. The van der Waals surface area contributed by atoms with Crippen LogP contribution in [0.5, 0.6) is 0 Å². The molecule has 0 aliphatic rings. The highest BCUT2D eigenvalue weighted by Crippen LogP contribution is 2.17. The van der Waals surface area contributed by atoms with Gasteiger partial charge in [-0.1, -0.05) is 12.1 Å². The number of nitrogens with zero attached hydrogens (tertiary/aromatic N) is 1. The zero-order valence-corrected chi connectivity index (χ0v) is 10.3. The maximum absolute atomic E-state index is 11.8. The van der Waals surface area contributed by atoms with Gasteiger partial charge >= 0.3 is 6.09 Å². The number of carbonyl (C=O) groups excluding carboxylic acids is 1. The monoisotopic (exact) mass is 220 g/mol. The van der Waals surface area contributed by atoms with Gasteiger partial charge in [-0.25, -0.2) is 4.79 Å². The van der Waals surface area contributed by atoms with Crippen molar-refractivity contribution in [1.29, 1.82) is 0 Å². The Labute approximate surface area is 97.0 Å². The van der Waals surface area contributed by atoms with E-state index in [2.05, 4.69) is 6.92 Å². The molecule has 1 rings (SSSR count). The SMILES string of the molecule is [CH2]c1cccc(N(C)C(=O)OC(C)(C)C)c1. The summed E-state index contributed by atoms with van der Waals surface area (Å²) in [5, 5.41) is 0. The zero-order chi connectivity index (χ0) is 12.3. The van der Waals surface area contributed by atoms with Crippen molar-refractivity contribution in [3.8, 4) is 0 Å². The number of benzene rings is 1. The summed E-state index contributed by atoms with van der Waals surface area (Å²) in [6, 6.07) is 7.42. The second-order valence-electron chi connectivity index (χ2n) is 4.71. The smallest absolute Gasteiger partial charge is 0.414 e. The van der Waals surface area contributed by atoms with Gasteiger partial charge in [-0.2, -0.15) is 0 Å². The van der Waals surface area contributed by atoms with Gasteiger partial charge < -0.3 is 4.74 Å². The average molecular weight is 220 g/mol. The Morgan fingerprint density at radius 2 is 2.00 bits per heavy atom. The molecular formula is C13H18NO2. The van der Waals surface area contributed by atoms with Gasteiger partial charge in [0.05, 0.1) is 0 Å². The number of carbonyl (C=O) groups is 1. The van der Waals surface area contributed by atoms with Crippen molar-refractivity contribution in [2.45, 2.75) is 26.4 Å². The normalized spacial score (nSPS) is 11.1. The number of hydrogen-bond donors (Lipinski definition) is 0. The third-order valence-corrected chi connectivity index (χ3v) is 1.97. The maximum atomic E-state index is 11.8. The zero-order valence-electron chi connectivity index (χ0n) is 10.3. The molecule has 1 amide bonds. The van der Waals surface area contributed by atoms with Gasteiger partial charge in [-0.15, -0.1) is 0 Å². The van der Waals surface area contributed by atoms with E-state index in [4.69, 9.17) is 4.74 Å². The lowest BCUT2D eigenvalue weighted by atomic mass is 10.2. The summed E-state index contributed by atoms with van der Waals surface area (Å²) in [6.07, 6.45) is -0.363. The average Bonchev–Trinajstić information content (AvgIpc) is 2.14. The molecule has 0 heterocycles. The molecule has 0 saturated heterocycles. The van der Waals surface area contributed by atoms with Crippen LogP contribution >= 0.6 is 0 Å². The first-order valence-electron chi connectivity index (χ1n) is 5.18. The Hall–Kier alpha value is -1.51. The first kappa shape index (κ1) is 12.6. The van der Waals surface area contributed by atoms with E-state index in [-0.39, 0.29) is 6.09 Å². The lowest BCUT2D eigenvalue weighted by Crippen LogP contribution is -2.34. The molecule has 0 saturated carbocycles. The van der Waals surface area contributed by atoms with E-state index in [9.17, 15) is 4.79 Å². The number of rotatable bonds is 1. The molecule has 3 nitrogen and oxygen atoms in total. The van der Waals surface area contributed by atoms with Gasteiger partial charge in [0.15, 0.2) is 0 Å². The highest BCUT2D eigenvalue weighted by atomic mass is 16.6. The number of hydrogen-bond acceptors (Lipinski definition) is 2.